The summed E-state index contributed by atoms with van der Waals surface area (Å²) in [5, 5.41) is 4.28. The lowest BCUT2D eigenvalue weighted by Gasteiger charge is -2.26. The Balaban J connectivity index is 2.04. The number of benzene rings is 1. The Morgan fingerprint density at radius 2 is 1.92 bits per heavy atom. The van der Waals surface area contributed by atoms with E-state index in [1.807, 2.05) is 0 Å². The van der Waals surface area contributed by atoms with Crippen molar-refractivity contribution in [2.45, 2.75) is 24.4 Å². The third-order valence-electron chi connectivity index (χ3n) is 3.91. The van der Waals surface area contributed by atoms with Crippen LogP contribution in [0.1, 0.15) is 19.4 Å². The molecule has 136 valence electrons. The van der Waals surface area contributed by atoms with E-state index in [1.54, 1.807) is 38.1 Å². The van der Waals surface area contributed by atoms with E-state index in [1.165, 1.54) is 12.3 Å². The van der Waals surface area contributed by atoms with Gasteiger partial charge in [-0.3, -0.25) is 4.79 Å². The van der Waals surface area contributed by atoms with Crippen molar-refractivity contribution in [2.75, 3.05) is 11.6 Å². The van der Waals surface area contributed by atoms with Gasteiger partial charge in [0.25, 0.3) is 5.56 Å². The Hall–Kier alpha value is -2.45. The SMILES string of the molecule is CC(C)(Nc1nccc(S(C)(=O)=O)n1)c1cc2cc(Cl)ccc2[nH]c1=O. The van der Waals surface area contributed by atoms with Gasteiger partial charge in [-0.05, 0) is 44.2 Å². The fourth-order valence-electron chi connectivity index (χ4n) is 2.60. The first-order valence-electron chi connectivity index (χ1n) is 7.71. The highest BCUT2D eigenvalue weighted by Crippen LogP contribution is 2.25. The molecule has 0 aliphatic rings. The smallest absolute Gasteiger partial charge is 0.253 e. The highest BCUT2D eigenvalue weighted by atomic mass is 35.5. The molecule has 9 heteroatoms. The number of H-pyrrole nitrogens is 1. The zero-order chi connectivity index (χ0) is 19.1. The van der Waals surface area contributed by atoms with Crippen LogP contribution in [-0.4, -0.2) is 29.6 Å². The number of halogens is 1. The molecule has 0 saturated carbocycles. The Kier molecular flexibility index (Phi) is 4.49. The van der Waals surface area contributed by atoms with E-state index in [0.717, 1.165) is 11.6 Å². The highest BCUT2D eigenvalue weighted by molar-refractivity contribution is 7.90. The van der Waals surface area contributed by atoms with E-state index in [-0.39, 0.29) is 16.5 Å². The predicted molar refractivity (Wildman–Crippen MR) is 101 cm³/mol. The maximum absolute atomic E-state index is 12.5. The van der Waals surface area contributed by atoms with E-state index in [4.69, 9.17) is 11.6 Å². The van der Waals surface area contributed by atoms with Crippen molar-refractivity contribution in [3.8, 4) is 0 Å². The summed E-state index contributed by atoms with van der Waals surface area (Å²) in [6.07, 6.45) is 2.42. The van der Waals surface area contributed by atoms with Crippen molar-refractivity contribution in [3.05, 3.63) is 57.5 Å². The van der Waals surface area contributed by atoms with E-state index >= 15 is 0 Å². The molecule has 26 heavy (non-hydrogen) atoms. The largest absolute Gasteiger partial charge is 0.345 e. The van der Waals surface area contributed by atoms with Gasteiger partial charge in [0.15, 0.2) is 14.9 Å². The van der Waals surface area contributed by atoms with Crippen LogP contribution in [0.25, 0.3) is 10.9 Å². The molecule has 0 saturated heterocycles. The van der Waals surface area contributed by atoms with Gasteiger partial charge >= 0.3 is 0 Å². The average Bonchev–Trinajstić information content (AvgIpc) is 2.53. The number of fused-ring (bicyclic) bond motifs is 1. The fourth-order valence-corrected chi connectivity index (χ4v) is 3.34. The molecule has 0 unspecified atom stereocenters. The van der Waals surface area contributed by atoms with E-state index in [2.05, 4.69) is 20.3 Å². The molecule has 7 nitrogen and oxygen atoms in total. The van der Waals surface area contributed by atoms with Crippen LogP contribution in [0.2, 0.25) is 5.02 Å². The van der Waals surface area contributed by atoms with Crippen LogP contribution in [0.4, 0.5) is 5.95 Å². The Morgan fingerprint density at radius 1 is 1.19 bits per heavy atom. The van der Waals surface area contributed by atoms with Gasteiger partial charge in [0.2, 0.25) is 5.95 Å². The van der Waals surface area contributed by atoms with Crippen molar-refractivity contribution in [1.82, 2.24) is 15.0 Å². The number of aromatic nitrogens is 3. The van der Waals surface area contributed by atoms with Crippen molar-refractivity contribution in [1.29, 1.82) is 0 Å². The first kappa shape index (κ1) is 18.3. The van der Waals surface area contributed by atoms with Crippen LogP contribution >= 0.6 is 11.6 Å². The van der Waals surface area contributed by atoms with Crippen LogP contribution in [0.5, 0.6) is 0 Å². The van der Waals surface area contributed by atoms with Crippen LogP contribution in [0.3, 0.4) is 0 Å². The molecule has 0 amide bonds. The van der Waals surface area contributed by atoms with E-state index in [0.29, 0.717) is 16.1 Å². The lowest BCUT2D eigenvalue weighted by atomic mass is 9.94. The molecule has 0 atom stereocenters. The molecule has 3 aromatic rings. The third kappa shape index (κ3) is 3.71. The summed E-state index contributed by atoms with van der Waals surface area (Å²) in [6.45, 7) is 3.56. The maximum Gasteiger partial charge on any atom is 0.253 e. The molecule has 0 radical (unpaired) electrons. The second-order valence-corrected chi connectivity index (χ2v) is 8.88. The number of aromatic amines is 1. The molecule has 2 aromatic heterocycles. The quantitative estimate of drug-likeness (QED) is 0.661. The Morgan fingerprint density at radius 3 is 2.62 bits per heavy atom. The zero-order valence-corrected chi connectivity index (χ0v) is 15.9. The lowest BCUT2D eigenvalue weighted by Crippen LogP contribution is -2.35. The topological polar surface area (TPSA) is 105 Å². The molecule has 0 aliphatic carbocycles. The molecule has 0 bridgehead atoms. The summed E-state index contributed by atoms with van der Waals surface area (Å²) in [4.78, 5) is 23.4. The minimum absolute atomic E-state index is 0.0926. The van der Waals surface area contributed by atoms with Crippen LogP contribution < -0.4 is 10.9 Å². The van der Waals surface area contributed by atoms with Crippen molar-refractivity contribution in [3.63, 3.8) is 0 Å². The van der Waals surface area contributed by atoms with Crippen LogP contribution in [0, 0.1) is 0 Å². The Bertz CT molecular complexity index is 1160. The number of hydrogen-bond donors (Lipinski definition) is 2. The van der Waals surface area contributed by atoms with E-state index in [9.17, 15) is 13.2 Å². The number of nitrogens with zero attached hydrogens (tertiary/aromatic N) is 2. The number of anilines is 1. The normalized spacial score (nSPS) is 12.3. The number of sulfone groups is 1. The first-order valence-corrected chi connectivity index (χ1v) is 9.97. The van der Waals surface area contributed by atoms with Crippen molar-refractivity contribution in [2.24, 2.45) is 0 Å². The van der Waals surface area contributed by atoms with Gasteiger partial charge in [0, 0.05) is 33.9 Å². The number of hydrogen-bond acceptors (Lipinski definition) is 6. The van der Waals surface area contributed by atoms with Gasteiger partial charge in [0.05, 0.1) is 5.54 Å². The standard InChI is InChI=1S/C17H17ClN4O3S/c1-17(2,22-16-19-7-6-14(21-16)26(3,24)25)12-9-10-8-11(18)4-5-13(10)20-15(12)23/h4-9H,1-3H3,(H,20,23)(H,19,21,22). The second-order valence-electron chi connectivity index (χ2n) is 6.48. The molecule has 3 rings (SSSR count). The van der Waals surface area contributed by atoms with Gasteiger partial charge in [-0.2, -0.15) is 0 Å². The maximum atomic E-state index is 12.5. The van der Waals surface area contributed by atoms with Gasteiger partial charge in [-0.25, -0.2) is 18.4 Å². The minimum atomic E-state index is -3.46. The minimum Gasteiger partial charge on any atom is -0.345 e. The summed E-state index contributed by atoms with van der Waals surface area (Å²) in [7, 11) is -3.46. The van der Waals surface area contributed by atoms with Crippen molar-refractivity contribution < 1.29 is 8.42 Å². The summed E-state index contributed by atoms with van der Waals surface area (Å²) < 4.78 is 23.3. The fraction of sp³-hybridized carbons (Fsp3) is 0.235. The zero-order valence-electron chi connectivity index (χ0n) is 14.4. The van der Waals surface area contributed by atoms with Crippen molar-refractivity contribution >= 4 is 38.3 Å². The highest BCUT2D eigenvalue weighted by Gasteiger charge is 2.26. The lowest BCUT2D eigenvalue weighted by molar-refractivity contribution is 0.586. The van der Waals surface area contributed by atoms with Crippen LogP contribution in [0.15, 0.2) is 46.3 Å². The number of nitrogens with one attached hydrogen (secondary N) is 2. The molecular weight excluding hydrogens is 376 g/mol. The monoisotopic (exact) mass is 392 g/mol. The summed E-state index contributed by atoms with van der Waals surface area (Å²) in [5.74, 6) is 0.114. The first-order chi connectivity index (χ1) is 12.1. The average molecular weight is 393 g/mol. The molecular formula is C17H17ClN4O3S. The molecule has 0 spiro atoms. The summed E-state index contributed by atoms with van der Waals surface area (Å²) in [5.41, 5.74) is -0.00766. The molecule has 0 aliphatic heterocycles. The van der Waals surface area contributed by atoms with Gasteiger partial charge in [0.1, 0.15) is 0 Å². The van der Waals surface area contributed by atoms with E-state index < -0.39 is 15.4 Å². The van der Waals surface area contributed by atoms with Gasteiger partial charge in [-0.15, -0.1) is 0 Å². The van der Waals surface area contributed by atoms with Gasteiger partial charge in [-0.1, -0.05) is 11.6 Å². The van der Waals surface area contributed by atoms with Gasteiger partial charge < -0.3 is 10.3 Å². The van der Waals surface area contributed by atoms with Crippen LogP contribution in [-0.2, 0) is 15.4 Å². The number of pyridine rings is 1. The molecule has 2 heterocycles. The predicted octanol–water partition coefficient (Wildman–Crippen LogP) is 2.72. The summed E-state index contributed by atoms with van der Waals surface area (Å²) >= 11 is 6.03. The molecule has 2 N–H and O–H groups in total. The Labute approximate surface area is 155 Å². The second kappa shape index (κ2) is 6.37. The number of rotatable bonds is 4. The molecule has 0 fully saturated rings. The third-order valence-corrected chi connectivity index (χ3v) is 5.14. The molecule has 1 aromatic carbocycles. The summed E-state index contributed by atoms with van der Waals surface area (Å²) in [6, 6.07) is 8.26.